The average Bonchev–Trinajstić information content (AvgIpc) is 2.47. The van der Waals surface area contributed by atoms with Crippen molar-refractivity contribution in [2.75, 3.05) is 7.11 Å². The lowest BCUT2D eigenvalue weighted by Gasteiger charge is -2.16. The number of benzene rings is 2. The number of hydrogen-bond acceptors (Lipinski definition) is 2. The maximum absolute atomic E-state index is 12.2. The van der Waals surface area contributed by atoms with Crippen LogP contribution >= 0.6 is 22.6 Å². The molecule has 2 aromatic rings. The zero-order valence-corrected chi connectivity index (χ0v) is 14.3. The molecule has 1 amide bonds. The van der Waals surface area contributed by atoms with E-state index in [2.05, 4.69) is 27.9 Å². The summed E-state index contributed by atoms with van der Waals surface area (Å²) in [6.45, 7) is 2.00. The predicted molar refractivity (Wildman–Crippen MR) is 92.8 cm³/mol. The van der Waals surface area contributed by atoms with E-state index in [9.17, 15) is 4.79 Å². The van der Waals surface area contributed by atoms with Crippen molar-refractivity contribution < 1.29 is 9.53 Å². The van der Waals surface area contributed by atoms with Gasteiger partial charge in [0.25, 0.3) is 5.91 Å². The standard InChI is InChI=1S/C17H18INO2/c1-12(10-13-6-3-4-9-16(13)21-2)19-17(20)14-7-5-8-15(18)11-14/h3-9,11-12H,10H2,1-2H3,(H,19,20). The van der Waals surface area contributed by atoms with Gasteiger partial charge in [0.05, 0.1) is 7.11 Å². The van der Waals surface area contributed by atoms with Gasteiger partial charge < -0.3 is 10.1 Å². The molecule has 2 rings (SSSR count). The fourth-order valence-electron chi connectivity index (χ4n) is 2.19. The van der Waals surface area contributed by atoms with Crippen molar-refractivity contribution in [3.63, 3.8) is 0 Å². The van der Waals surface area contributed by atoms with Crippen molar-refractivity contribution in [2.45, 2.75) is 19.4 Å². The summed E-state index contributed by atoms with van der Waals surface area (Å²) in [6.07, 6.45) is 0.736. The highest BCUT2D eigenvalue weighted by Crippen LogP contribution is 2.19. The largest absolute Gasteiger partial charge is 0.496 e. The van der Waals surface area contributed by atoms with Crippen LogP contribution in [0.1, 0.15) is 22.8 Å². The summed E-state index contributed by atoms with van der Waals surface area (Å²) >= 11 is 2.20. The van der Waals surface area contributed by atoms with Crippen LogP contribution < -0.4 is 10.1 Å². The number of rotatable bonds is 5. The van der Waals surface area contributed by atoms with Gasteiger partial charge in [-0.25, -0.2) is 0 Å². The monoisotopic (exact) mass is 395 g/mol. The minimum atomic E-state index is -0.0455. The molecule has 0 fully saturated rings. The number of para-hydroxylation sites is 1. The summed E-state index contributed by atoms with van der Waals surface area (Å²) in [5.41, 5.74) is 1.78. The number of methoxy groups -OCH3 is 1. The van der Waals surface area contributed by atoms with Crippen molar-refractivity contribution in [2.24, 2.45) is 0 Å². The van der Waals surface area contributed by atoms with Crippen LogP contribution in [0.5, 0.6) is 5.75 Å². The van der Waals surface area contributed by atoms with Crippen molar-refractivity contribution in [1.29, 1.82) is 0 Å². The molecule has 0 bridgehead atoms. The molecule has 0 radical (unpaired) electrons. The van der Waals surface area contributed by atoms with E-state index in [0.29, 0.717) is 5.56 Å². The van der Waals surface area contributed by atoms with Gasteiger partial charge in [0, 0.05) is 15.2 Å². The molecule has 0 saturated heterocycles. The highest BCUT2D eigenvalue weighted by atomic mass is 127. The number of carbonyl (C=O) groups excluding carboxylic acids is 1. The fraction of sp³-hybridized carbons (Fsp3) is 0.235. The van der Waals surface area contributed by atoms with Crippen LogP contribution in [-0.2, 0) is 6.42 Å². The third kappa shape index (κ3) is 4.46. The number of halogens is 1. The van der Waals surface area contributed by atoms with E-state index in [1.165, 1.54) is 0 Å². The molecule has 1 unspecified atom stereocenters. The Morgan fingerprint density at radius 1 is 1.24 bits per heavy atom. The van der Waals surface area contributed by atoms with Gasteiger partial charge in [-0.2, -0.15) is 0 Å². The quantitative estimate of drug-likeness (QED) is 0.785. The number of amides is 1. The Balaban J connectivity index is 2.01. The van der Waals surface area contributed by atoms with E-state index < -0.39 is 0 Å². The first kappa shape index (κ1) is 15.8. The second kappa shape index (κ2) is 7.45. The van der Waals surface area contributed by atoms with Crippen LogP contribution in [0.3, 0.4) is 0 Å². The van der Waals surface area contributed by atoms with Gasteiger partial charge in [0.1, 0.15) is 5.75 Å². The summed E-state index contributed by atoms with van der Waals surface area (Å²) in [4.78, 5) is 12.2. The summed E-state index contributed by atoms with van der Waals surface area (Å²) in [5.74, 6) is 0.809. The highest BCUT2D eigenvalue weighted by Gasteiger charge is 2.12. The van der Waals surface area contributed by atoms with Crippen LogP contribution in [0.15, 0.2) is 48.5 Å². The zero-order valence-electron chi connectivity index (χ0n) is 12.1. The Morgan fingerprint density at radius 2 is 2.00 bits per heavy atom. The van der Waals surface area contributed by atoms with Gasteiger partial charge in [-0.3, -0.25) is 4.79 Å². The molecule has 0 spiro atoms. The molecule has 110 valence electrons. The summed E-state index contributed by atoms with van der Waals surface area (Å²) < 4.78 is 6.39. The van der Waals surface area contributed by atoms with Crippen LogP contribution in [0.4, 0.5) is 0 Å². The van der Waals surface area contributed by atoms with Gasteiger partial charge in [-0.1, -0.05) is 24.3 Å². The van der Waals surface area contributed by atoms with Crippen LogP contribution in [-0.4, -0.2) is 19.1 Å². The van der Waals surface area contributed by atoms with Crippen molar-refractivity contribution in [1.82, 2.24) is 5.32 Å². The van der Waals surface area contributed by atoms with Gasteiger partial charge >= 0.3 is 0 Å². The Bertz CT molecular complexity index is 628. The molecule has 0 aliphatic carbocycles. The molecule has 0 aliphatic rings. The normalized spacial score (nSPS) is 11.8. The van der Waals surface area contributed by atoms with Crippen LogP contribution in [0, 0.1) is 3.57 Å². The first-order valence-electron chi connectivity index (χ1n) is 6.78. The van der Waals surface area contributed by atoms with E-state index in [1.54, 1.807) is 7.11 Å². The molecule has 4 heteroatoms. The Hall–Kier alpha value is -1.56. The van der Waals surface area contributed by atoms with E-state index in [1.807, 2.05) is 55.5 Å². The third-order valence-corrected chi connectivity index (χ3v) is 3.85. The number of hydrogen-bond donors (Lipinski definition) is 1. The van der Waals surface area contributed by atoms with Crippen LogP contribution in [0.2, 0.25) is 0 Å². The lowest BCUT2D eigenvalue weighted by Crippen LogP contribution is -2.34. The molecule has 0 aromatic heterocycles. The van der Waals surface area contributed by atoms with E-state index >= 15 is 0 Å². The number of ether oxygens (including phenoxy) is 1. The van der Waals surface area contributed by atoms with E-state index in [4.69, 9.17) is 4.74 Å². The molecule has 3 nitrogen and oxygen atoms in total. The summed E-state index contributed by atoms with van der Waals surface area (Å²) in [6, 6.07) is 15.5. The Labute approximate surface area is 138 Å². The topological polar surface area (TPSA) is 38.3 Å². The molecular weight excluding hydrogens is 377 g/mol. The molecule has 21 heavy (non-hydrogen) atoms. The van der Waals surface area contributed by atoms with Gasteiger partial charge in [0.15, 0.2) is 0 Å². The van der Waals surface area contributed by atoms with Crippen molar-refractivity contribution in [3.05, 3.63) is 63.2 Å². The fourth-order valence-corrected chi connectivity index (χ4v) is 2.73. The van der Waals surface area contributed by atoms with Crippen LogP contribution in [0.25, 0.3) is 0 Å². The maximum atomic E-state index is 12.2. The maximum Gasteiger partial charge on any atom is 0.251 e. The molecule has 1 N–H and O–H groups in total. The highest BCUT2D eigenvalue weighted by molar-refractivity contribution is 14.1. The van der Waals surface area contributed by atoms with Crippen molar-refractivity contribution >= 4 is 28.5 Å². The first-order valence-corrected chi connectivity index (χ1v) is 7.86. The molecule has 1 atom stereocenters. The third-order valence-electron chi connectivity index (χ3n) is 3.18. The molecular formula is C17H18INO2. The lowest BCUT2D eigenvalue weighted by molar-refractivity contribution is 0.0940. The zero-order chi connectivity index (χ0) is 15.2. The Kier molecular flexibility index (Phi) is 5.61. The van der Waals surface area contributed by atoms with Gasteiger partial charge in [-0.05, 0) is 65.8 Å². The molecule has 2 aromatic carbocycles. The second-order valence-electron chi connectivity index (χ2n) is 4.90. The molecule has 0 heterocycles. The van der Waals surface area contributed by atoms with Gasteiger partial charge in [-0.15, -0.1) is 0 Å². The minimum Gasteiger partial charge on any atom is -0.496 e. The number of nitrogens with one attached hydrogen (secondary N) is 1. The second-order valence-corrected chi connectivity index (χ2v) is 6.15. The van der Waals surface area contributed by atoms with E-state index in [-0.39, 0.29) is 11.9 Å². The first-order chi connectivity index (χ1) is 10.1. The van der Waals surface area contributed by atoms with Crippen molar-refractivity contribution in [3.8, 4) is 5.75 Å². The predicted octanol–water partition coefficient (Wildman–Crippen LogP) is 3.66. The lowest BCUT2D eigenvalue weighted by atomic mass is 10.1. The summed E-state index contributed by atoms with van der Waals surface area (Å²) in [5, 5.41) is 3.03. The SMILES string of the molecule is COc1ccccc1CC(C)NC(=O)c1cccc(I)c1. The minimum absolute atomic E-state index is 0.0340. The number of carbonyl (C=O) groups is 1. The molecule has 0 aliphatic heterocycles. The van der Waals surface area contributed by atoms with E-state index in [0.717, 1.165) is 21.3 Å². The van der Waals surface area contributed by atoms with Gasteiger partial charge in [0.2, 0.25) is 0 Å². The smallest absolute Gasteiger partial charge is 0.251 e. The Morgan fingerprint density at radius 3 is 2.71 bits per heavy atom. The average molecular weight is 395 g/mol. The molecule has 0 saturated carbocycles. The summed E-state index contributed by atoms with van der Waals surface area (Å²) in [7, 11) is 1.66.